The van der Waals surface area contributed by atoms with E-state index in [0.717, 1.165) is 0 Å². The second-order valence-corrected chi connectivity index (χ2v) is 4.57. The topological polar surface area (TPSA) is 69.0 Å². The summed E-state index contributed by atoms with van der Waals surface area (Å²) in [6, 6.07) is 1.58. The quantitative estimate of drug-likeness (QED) is 0.668. The number of carbonyl (C=O) groups is 2. The molecule has 1 aliphatic heterocycles. The average molecular weight is 302 g/mol. The van der Waals surface area contributed by atoms with Gasteiger partial charge < -0.3 is 13.7 Å². The van der Waals surface area contributed by atoms with Crippen LogP contribution >= 0.6 is 15.9 Å². The maximum atomic E-state index is 11.4. The van der Waals surface area contributed by atoms with Crippen LogP contribution in [-0.4, -0.2) is 44.1 Å². The number of hydrogen-bond donors (Lipinski definition) is 0. The Morgan fingerprint density at radius 1 is 1.29 bits per heavy atom. The van der Waals surface area contributed by atoms with Gasteiger partial charge in [0.2, 0.25) is 0 Å². The summed E-state index contributed by atoms with van der Waals surface area (Å²) < 4.78 is 15.8. The molecule has 2 rings (SSSR count). The summed E-state index contributed by atoms with van der Waals surface area (Å²) in [5, 5.41) is 0. The summed E-state index contributed by atoms with van der Waals surface area (Å²) in [6.07, 6.45) is 1.42. The molecule has 6 nitrogen and oxygen atoms in total. The van der Waals surface area contributed by atoms with Crippen LogP contribution in [0.1, 0.15) is 0 Å². The van der Waals surface area contributed by atoms with Gasteiger partial charge >= 0.3 is 19.1 Å². The number of hydrogen-bond acceptors (Lipinski definition) is 6. The smallest absolute Gasteiger partial charge is 0.492 e. The molecule has 1 aliphatic rings. The minimum absolute atomic E-state index is 0.0352. The highest BCUT2D eigenvalue weighted by Gasteiger charge is 2.36. The van der Waals surface area contributed by atoms with Crippen molar-refractivity contribution in [3.05, 3.63) is 16.8 Å². The van der Waals surface area contributed by atoms with Crippen LogP contribution in [0.2, 0.25) is 0 Å². The normalized spacial score (nSPS) is 18.4. The van der Waals surface area contributed by atoms with Crippen LogP contribution in [0.3, 0.4) is 0 Å². The fourth-order valence-electron chi connectivity index (χ4n) is 1.40. The summed E-state index contributed by atoms with van der Waals surface area (Å²) in [4.78, 5) is 24.4. The lowest BCUT2D eigenvalue weighted by Crippen LogP contribution is -2.47. The van der Waals surface area contributed by atoms with E-state index >= 15 is 0 Å². The van der Waals surface area contributed by atoms with E-state index in [4.69, 9.17) is 13.7 Å². The largest absolute Gasteiger partial charge is 0.674 e. The summed E-state index contributed by atoms with van der Waals surface area (Å²) >= 11 is 3.19. The maximum absolute atomic E-state index is 11.4. The second kappa shape index (κ2) is 4.93. The number of nitrogens with zero attached hydrogens (tertiary/aromatic N) is 1. The van der Waals surface area contributed by atoms with Crippen LogP contribution in [0.5, 0.6) is 0 Å². The van der Waals surface area contributed by atoms with Crippen molar-refractivity contribution in [2.75, 3.05) is 20.1 Å². The molecule has 1 saturated heterocycles. The lowest BCUT2D eigenvalue weighted by Gasteiger charge is -2.21. The van der Waals surface area contributed by atoms with Crippen LogP contribution in [0, 0.1) is 0 Å². The van der Waals surface area contributed by atoms with Gasteiger partial charge in [-0.05, 0) is 29.0 Å². The SMILES string of the molecule is CN1CC(=O)OB(c2cc(Br)co2)OC(=O)C1. The van der Waals surface area contributed by atoms with Crippen molar-refractivity contribution in [3.8, 4) is 0 Å². The molecule has 17 heavy (non-hydrogen) atoms. The Morgan fingerprint density at radius 2 is 1.88 bits per heavy atom. The van der Waals surface area contributed by atoms with Crippen molar-refractivity contribution in [1.29, 1.82) is 0 Å². The predicted octanol–water partition coefficient (Wildman–Crippen LogP) is -0.231. The molecule has 0 amide bonds. The van der Waals surface area contributed by atoms with E-state index in [-0.39, 0.29) is 18.7 Å². The fourth-order valence-corrected chi connectivity index (χ4v) is 1.72. The molecular weight excluding hydrogens is 293 g/mol. The van der Waals surface area contributed by atoms with Crippen LogP contribution in [0.25, 0.3) is 0 Å². The van der Waals surface area contributed by atoms with Crippen LogP contribution in [0.4, 0.5) is 0 Å². The zero-order valence-corrected chi connectivity index (χ0v) is 10.6. The average Bonchev–Trinajstić information content (AvgIpc) is 2.61. The standard InChI is InChI=1S/C9H9BBrNO5/c1-12-3-8(13)16-10(17-9(14)4-12)7-2-6(11)5-15-7/h2,5H,3-4H2,1H3. The van der Waals surface area contributed by atoms with E-state index in [9.17, 15) is 9.59 Å². The Balaban J connectivity index is 2.16. The first-order chi connectivity index (χ1) is 8.04. The first kappa shape index (κ1) is 12.2. The van der Waals surface area contributed by atoms with Gasteiger partial charge in [0.1, 0.15) is 6.26 Å². The third-order valence-corrected chi connectivity index (χ3v) is 2.51. The number of furan rings is 1. The third-order valence-electron chi connectivity index (χ3n) is 2.10. The molecule has 0 aromatic carbocycles. The Morgan fingerprint density at radius 3 is 2.35 bits per heavy atom. The lowest BCUT2D eigenvalue weighted by atomic mass is 9.85. The highest BCUT2D eigenvalue weighted by molar-refractivity contribution is 9.10. The maximum Gasteiger partial charge on any atom is 0.674 e. The molecule has 1 fully saturated rings. The van der Waals surface area contributed by atoms with Crippen LogP contribution in [-0.2, 0) is 18.9 Å². The first-order valence-corrected chi connectivity index (χ1v) is 5.65. The van der Waals surface area contributed by atoms with E-state index in [1.54, 1.807) is 13.1 Å². The van der Waals surface area contributed by atoms with Gasteiger partial charge in [-0.3, -0.25) is 14.5 Å². The van der Waals surface area contributed by atoms with Gasteiger partial charge in [-0.1, -0.05) is 0 Å². The third kappa shape index (κ3) is 3.10. The fraction of sp³-hybridized carbons (Fsp3) is 0.333. The molecular formula is C9H9BBrNO5. The second-order valence-electron chi connectivity index (χ2n) is 3.65. The zero-order chi connectivity index (χ0) is 12.4. The van der Waals surface area contributed by atoms with Gasteiger partial charge in [0.05, 0.1) is 17.6 Å². The Hall–Kier alpha value is -1.28. The van der Waals surface area contributed by atoms with Crippen molar-refractivity contribution < 1.29 is 23.3 Å². The Labute approximate surface area is 106 Å². The van der Waals surface area contributed by atoms with E-state index in [1.165, 1.54) is 11.2 Å². The van der Waals surface area contributed by atoms with Crippen molar-refractivity contribution in [2.24, 2.45) is 0 Å². The molecule has 0 saturated carbocycles. The van der Waals surface area contributed by atoms with Gasteiger partial charge in [-0.25, -0.2) is 0 Å². The van der Waals surface area contributed by atoms with Crippen molar-refractivity contribution >= 4 is 40.6 Å². The lowest BCUT2D eigenvalue weighted by molar-refractivity contribution is -0.145. The molecule has 90 valence electrons. The van der Waals surface area contributed by atoms with Crippen LogP contribution in [0.15, 0.2) is 21.2 Å². The van der Waals surface area contributed by atoms with Gasteiger partial charge in [0.25, 0.3) is 0 Å². The summed E-state index contributed by atoms with van der Waals surface area (Å²) in [7, 11) is 0.516. The van der Waals surface area contributed by atoms with Gasteiger partial charge in [-0.2, -0.15) is 0 Å². The van der Waals surface area contributed by atoms with Crippen molar-refractivity contribution in [2.45, 2.75) is 0 Å². The Bertz CT molecular complexity index is 428. The first-order valence-electron chi connectivity index (χ1n) is 4.86. The predicted molar refractivity (Wildman–Crippen MR) is 61.5 cm³/mol. The van der Waals surface area contributed by atoms with Gasteiger partial charge in [0.15, 0.2) is 5.66 Å². The molecule has 0 spiro atoms. The molecule has 0 atom stereocenters. The summed E-state index contributed by atoms with van der Waals surface area (Å²) in [5.41, 5.74) is 0.267. The van der Waals surface area contributed by atoms with E-state index in [0.29, 0.717) is 4.47 Å². The number of carbonyl (C=O) groups excluding carboxylic acids is 2. The Kier molecular flexibility index (Phi) is 3.53. The number of rotatable bonds is 1. The van der Waals surface area contributed by atoms with Gasteiger partial charge in [-0.15, -0.1) is 0 Å². The molecule has 8 heteroatoms. The molecule has 0 N–H and O–H groups in total. The monoisotopic (exact) mass is 301 g/mol. The minimum atomic E-state index is -1.12. The number of likely N-dealkylation sites (N-methyl/N-ethyl adjacent to an activating group) is 1. The molecule has 0 unspecified atom stereocenters. The van der Waals surface area contributed by atoms with E-state index in [1.807, 2.05) is 0 Å². The zero-order valence-electron chi connectivity index (χ0n) is 9.01. The summed E-state index contributed by atoms with van der Waals surface area (Å²) in [5.74, 6) is -0.949. The number of halogens is 1. The molecule has 2 heterocycles. The summed E-state index contributed by atoms with van der Waals surface area (Å²) in [6.45, 7) is 0.0704. The highest BCUT2D eigenvalue weighted by Crippen LogP contribution is 2.09. The molecule has 0 bridgehead atoms. The minimum Gasteiger partial charge on any atom is -0.492 e. The molecule has 1 aromatic rings. The molecule has 0 aliphatic carbocycles. The van der Waals surface area contributed by atoms with Crippen molar-refractivity contribution in [3.63, 3.8) is 0 Å². The van der Waals surface area contributed by atoms with E-state index in [2.05, 4.69) is 15.9 Å². The van der Waals surface area contributed by atoms with Gasteiger partial charge in [0, 0.05) is 0 Å². The van der Waals surface area contributed by atoms with E-state index < -0.39 is 19.1 Å². The van der Waals surface area contributed by atoms with Crippen molar-refractivity contribution in [1.82, 2.24) is 4.90 Å². The van der Waals surface area contributed by atoms with Crippen LogP contribution < -0.4 is 5.66 Å². The molecule has 1 aromatic heterocycles. The highest BCUT2D eigenvalue weighted by atomic mass is 79.9. The molecule has 0 radical (unpaired) electrons.